The van der Waals surface area contributed by atoms with Crippen LogP contribution in [0, 0.1) is 0 Å². The minimum absolute atomic E-state index is 0.0826. The number of aliphatic hydroxyl groups excluding tert-OH is 1. The molecule has 1 unspecified atom stereocenters. The molecule has 0 bridgehead atoms. The van der Waals surface area contributed by atoms with E-state index in [9.17, 15) is 13.2 Å². The van der Waals surface area contributed by atoms with Gasteiger partial charge in [-0.1, -0.05) is 12.1 Å². The highest BCUT2D eigenvalue weighted by atomic mass is 19.4. The van der Waals surface area contributed by atoms with E-state index in [2.05, 4.69) is 5.32 Å². The van der Waals surface area contributed by atoms with Crippen LogP contribution < -0.4 is 10.1 Å². The molecule has 1 atom stereocenters. The Kier molecular flexibility index (Phi) is 5.43. The number of ether oxygens (including phenoxy) is 1. The first-order valence-electron chi connectivity index (χ1n) is 5.56. The van der Waals surface area contributed by atoms with E-state index in [4.69, 9.17) is 9.84 Å². The highest BCUT2D eigenvalue weighted by Gasteiger charge is 2.33. The summed E-state index contributed by atoms with van der Waals surface area (Å²) in [6.07, 6.45) is -3.99. The van der Waals surface area contributed by atoms with Crippen molar-refractivity contribution >= 4 is 0 Å². The van der Waals surface area contributed by atoms with Crippen LogP contribution in [0.1, 0.15) is 12.0 Å². The van der Waals surface area contributed by atoms with Crippen LogP contribution >= 0.6 is 0 Å². The van der Waals surface area contributed by atoms with Crippen molar-refractivity contribution in [3.8, 4) is 5.75 Å². The molecule has 102 valence electrons. The number of alkyl halides is 3. The van der Waals surface area contributed by atoms with Gasteiger partial charge >= 0.3 is 6.18 Å². The van der Waals surface area contributed by atoms with Crippen LogP contribution in [0.2, 0.25) is 0 Å². The van der Waals surface area contributed by atoms with E-state index in [1.54, 1.807) is 7.05 Å². The molecule has 0 heterocycles. The van der Waals surface area contributed by atoms with E-state index >= 15 is 0 Å². The molecule has 1 aromatic carbocycles. The molecule has 0 aliphatic carbocycles. The van der Waals surface area contributed by atoms with Gasteiger partial charge in [0, 0.05) is 6.04 Å². The molecule has 1 aromatic rings. The summed E-state index contributed by atoms with van der Waals surface area (Å²) in [5.74, 6) is -0.183. The number of hydrogen-bond acceptors (Lipinski definition) is 3. The van der Waals surface area contributed by atoms with Gasteiger partial charge in [-0.25, -0.2) is 0 Å². The van der Waals surface area contributed by atoms with Gasteiger partial charge < -0.3 is 15.2 Å². The molecular weight excluding hydrogens is 247 g/mol. The predicted molar refractivity (Wildman–Crippen MR) is 61.5 cm³/mol. The molecule has 0 radical (unpaired) electrons. The van der Waals surface area contributed by atoms with Gasteiger partial charge in [-0.15, -0.1) is 0 Å². The summed E-state index contributed by atoms with van der Waals surface area (Å²) in [5, 5.41) is 11.7. The number of hydrogen-bond donors (Lipinski definition) is 2. The third-order valence-corrected chi connectivity index (χ3v) is 2.54. The number of likely N-dealkylation sites (N-methyl/N-ethyl adjacent to an activating group) is 1. The molecule has 18 heavy (non-hydrogen) atoms. The summed E-state index contributed by atoms with van der Waals surface area (Å²) in [5.41, 5.74) is -0.782. The van der Waals surface area contributed by atoms with E-state index in [0.717, 1.165) is 6.07 Å². The van der Waals surface area contributed by atoms with Crippen molar-refractivity contribution in [2.75, 3.05) is 20.3 Å². The number of nitrogens with one attached hydrogen (secondary N) is 1. The average Bonchev–Trinajstić information content (AvgIpc) is 2.34. The predicted octanol–water partition coefficient (Wildman–Crippen LogP) is 2.05. The first-order valence-corrected chi connectivity index (χ1v) is 5.56. The van der Waals surface area contributed by atoms with Crippen LogP contribution in [0.4, 0.5) is 13.2 Å². The molecule has 2 N–H and O–H groups in total. The SMILES string of the molecule is CNC(CO)CCOc1ccccc1C(F)(F)F. The van der Waals surface area contributed by atoms with Crippen LogP contribution in [-0.4, -0.2) is 31.4 Å². The summed E-state index contributed by atoms with van der Waals surface area (Å²) < 4.78 is 43.0. The van der Waals surface area contributed by atoms with Crippen molar-refractivity contribution in [2.24, 2.45) is 0 Å². The van der Waals surface area contributed by atoms with E-state index in [0.29, 0.717) is 6.42 Å². The van der Waals surface area contributed by atoms with Crippen molar-refractivity contribution in [3.63, 3.8) is 0 Å². The number of benzene rings is 1. The summed E-state index contributed by atoms with van der Waals surface area (Å²) >= 11 is 0. The number of rotatable bonds is 6. The lowest BCUT2D eigenvalue weighted by Crippen LogP contribution is -2.30. The van der Waals surface area contributed by atoms with Gasteiger partial charge in [-0.2, -0.15) is 13.2 Å². The number of halogens is 3. The number of aliphatic hydroxyl groups is 1. The Morgan fingerprint density at radius 2 is 2.00 bits per heavy atom. The third kappa shape index (κ3) is 4.19. The minimum Gasteiger partial charge on any atom is -0.493 e. The first-order chi connectivity index (χ1) is 8.49. The van der Waals surface area contributed by atoms with Crippen LogP contribution in [0.15, 0.2) is 24.3 Å². The third-order valence-electron chi connectivity index (χ3n) is 2.54. The fourth-order valence-corrected chi connectivity index (χ4v) is 1.46. The van der Waals surface area contributed by atoms with Crippen LogP contribution in [0.3, 0.4) is 0 Å². The molecule has 0 spiro atoms. The molecule has 0 aliphatic heterocycles. The van der Waals surface area contributed by atoms with Gasteiger partial charge in [0.05, 0.1) is 18.8 Å². The fourth-order valence-electron chi connectivity index (χ4n) is 1.46. The first kappa shape index (κ1) is 14.8. The van der Waals surface area contributed by atoms with Gasteiger partial charge in [0.25, 0.3) is 0 Å². The van der Waals surface area contributed by atoms with Gasteiger partial charge in [0.15, 0.2) is 0 Å². The molecule has 0 fully saturated rings. The lowest BCUT2D eigenvalue weighted by atomic mass is 10.2. The standard InChI is InChI=1S/C12H16F3NO2/c1-16-9(8-17)6-7-18-11-5-3-2-4-10(11)12(13,14)15/h2-5,9,16-17H,6-8H2,1H3. The monoisotopic (exact) mass is 263 g/mol. The smallest absolute Gasteiger partial charge is 0.419 e. The average molecular weight is 263 g/mol. The molecule has 0 aliphatic rings. The highest BCUT2D eigenvalue weighted by Crippen LogP contribution is 2.35. The molecule has 0 saturated carbocycles. The van der Waals surface area contributed by atoms with Gasteiger partial charge in [0.1, 0.15) is 5.75 Å². The van der Waals surface area contributed by atoms with E-state index in [-0.39, 0.29) is 25.0 Å². The van der Waals surface area contributed by atoms with E-state index < -0.39 is 11.7 Å². The molecule has 0 saturated heterocycles. The zero-order chi connectivity index (χ0) is 13.6. The van der Waals surface area contributed by atoms with Crippen molar-refractivity contribution in [1.82, 2.24) is 5.32 Å². The van der Waals surface area contributed by atoms with Gasteiger partial charge in [-0.3, -0.25) is 0 Å². The zero-order valence-electron chi connectivity index (χ0n) is 10.00. The maximum atomic E-state index is 12.6. The maximum absolute atomic E-state index is 12.6. The van der Waals surface area contributed by atoms with E-state index in [1.807, 2.05) is 0 Å². The van der Waals surface area contributed by atoms with Crippen LogP contribution in [0.25, 0.3) is 0 Å². The van der Waals surface area contributed by atoms with Crippen molar-refractivity contribution in [2.45, 2.75) is 18.6 Å². The van der Waals surface area contributed by atoms with Crippen molar-refractivity contribution in [1.29, 1.82) is 0 Å². The zero-order valence-corrected chi connectivity index (χ0v) is 10.00. The van der Waals surface area contributed by atoms with Gasteiger partial charge in [-0.05, 0) is 25.6 Å². The molecule has 0 amide bonds. The fraction of sp³-hybridized carbons (Fsp3) is 0.500. The molecule has 1 rings (SSSR count). The Morgan fingerprint density at radius 3 is 2.56 bits per heavy atom. The second kappa shape index (κ2) is 6.61. The van der Waals surface area contributed by atoms with Crippen molar-refractivity contribution in [3.05, 3.63) is 29.8 Å². The number of para-hydroxylation sites is 1. The Hall–Kier alpha value is -1.27. The lowest BCUT2D eigenvalue weighted by Gasteiger charge is -2.16. The Labute approximate surface area is 104 Å². The second-order valence-corrected chi connectivity index (χ2v) is 3.80. The summed E-state index contributed by atoms with van der Waals surface area (Å²) in [6, 6.07) is 4.90. The van der Waals surface area contributed by atoms with Crippen LogP contribution in [-0.2, 0) is 6.18 Å². The Balaban J connectivity index is 2.62. The quantitative estimate of drug-likeness (QED) is 0.825. The lowest BCUT2D eigenvalue weighted by molar-refractivity contribution is -0.139. The maximum Gasteiger partial charge on any atom is 0.419 e. The summed E-state index contributed by atoms with van der Waals surface area (Å²) in [6.45, 7) is 0.0277. The Bertz CT molecular complexity index is 365. The van der Waals surface area contributed by atoms with Crippen molar-refractivity contribution < 1.29 is 23.0 Å². The largest absolute Gasteiger partial charge is 0.493 e. The molecular formula is C12H16F3NO2. The Morgan fingerprint density at radius 1 is 1.33 bits per heavy atom. The van der Waals surface area contributed by atoms with E-state index in [1.165, 1.54) is 18.2 Å². The summed E-state index contributed by atoms with van der Waals surface area (Å²) in [7, 11) is 1.67. The topological polar surface area (TPSA) is 41.5 Å². The molecule has 0 aromatic heterocycles. The minimum atomic E-state index is -4.42. The second-order valence-electron chi connectivity index (χ2n) is 3.80. The normalized spacial score (nSPS) is 13.4. The summed E-state index contributed by atoms with van der Waals surface area (Å²) in [4.78, 5) is 0. The van der Waals surface area contributed by atoms with Gasteiger partial charge in [0.2, 0.25) is 0 Å². The van der Waals surface area contributed by atoms with Crippen LogP contribution in [0.5, 0.6) is 5.75 Å². The molecule has 3 nitrogen and oxygen atoms in total. The highest BCUT2D eigenvalue weighted by molar-refractivity contribution is 5.35. The molecule has 6 heteroatoms.